The first-order valence-electron chi connectivity index (χ1n) is 5.41. The maximum Gasteiger partial charge on any atom is 0.140 e. The van der Waals surface area contributed by atoms with Crippen LogP contribution in [0.25, 0.3) is 0 Å². The fourth-order valence-corrected chi connectivity index (χ4v) is 1.90. The lowest BCUT2D eigenvalue weighted by Gasteiger charge is -2.29. The number of hydrogen-bond acceptors (Lipinski definition) is 2. The molecule has 0 aromatic carbocycles. The van der Waals surface area contributed by atoms with Crippen molar-refractivity contribution < 1.29 is 0 Å². The van der Waals surface area contributed by atoms with Gasteiger partial charge in [-0.15, -0.1) is 0 Å². The lowest BCUT2D eigenvalue weighted by atomic mass is 9.95. The number of hydrogen-bond donors (Lipinski definition) is 1. The van der Waals surface area contributed by atoms with Crippen LogP contribution < -0.4 is 5.32 Å². The summed E-state index contributed by atoms with van der Waals surface area (Å²) in [4.78, 5) is 4.40. The summed E-state index contributed by atoms with van der Waals surface area (Å²) in [5, 5.41) is 3.49. The largest absolute Gasteiger partial charge is 0.364 e. The van der Waals surface area contributed by atoms with Crippen molar-refractivity contribution >= 4 is 21.7 Å². The van der Waals surface area contributed by atoms with Gasteiger partial charge in [0.25, 0.3) is 0 Å². The fraction of sp³-hybridized carbons (Fsp3) is 0.583. The zero-order valence-electron chi connectivity index (χ0n) is 9.89. The van der Waals surface area contributed by atoms with Crippen LogP contribution in [0.1, 0.15) is 39.2 Å². The lowest BCUT2D eigenvalue weighted by molar-refractivity contribution is 0.476. The Kier molecular flexibility index (Phi) is 4.14. The molecule has 0 fully saturated rings. The molecule has 2 nitrogen and oxygen atoms in total. The second kappa shape index (κ2) is 4.97. The van der Waals surface area contributed by atoms with Crippen LogP contribution in [-0.2, 0) is 0 Å². The highest BCUT2D eigenvalue weighted by Crippen LogP contribution is 2.26. The van der Waals surface area contributed by atoms with Crippen LogP contribution in [0, 0.1) is 6.92 Å². The maximum atomic E-state index is 4.40. The highest BCUT2D eigenvalue weighted by atomic mass is 79.9. The van der Waals surface area contributed by atoms with Gasteiger partial charge in [-0.2, -0.15) is 0 Å². The molecule has 1 N–H and O–H groups in total. The Morgan fingerprint density at radius 1 is 1.40 bits per heavy atom. The van der Waals surface area contributed by atoms with Gasteiger partial charge in [0.2, 0.25) is 0 Å². The molecule has 0 amide bonds. The van der Waals surface area contributed by atoms with Crippen molar-refractivity contribution in [2.45, 2.75) is 46.1 Å². The van der Waals surface area contributed by atoms with Gasteiger partial charge < -0.3 is 5.32 Å². The van der Waals surface area contributed by atoms with Crippen molar-refractivity contribution in [2.24, 2.45) is 0 Å². The lowest BCUT2D eigenvalue weighted by Crippen LogP contribution is -2.33. The van der Waals surface area contributed by atoms with Crippen LogP contribution in [0.5, 0.6) is 0 Å². The Morgan fingerprint density at radius 3 is 2.47 bits per heavy atom. The van der Waals surface area contributed by atoms with Crippen LogP contribution in [0.3, 0.4) is 0 Å². The average Bonchev–Trinajstić information content (AvgIpc) is 2.22. The van der Waals surface area contributed by atoms with Gasteiger partial charge in [-0.1, -0.05) is 13.8 Å². The third-order valence-electron chi connectivity index (χ3n) is 2.96. The SMILES string of the molecule is CCC(C)(CC)Nc1ncc(C)cc1Br. The molecule has 0 radical (unpaired) electrons. The Labute approximate surface area is 101 Å². The summed E-state index contributed by atoms with van der Waals surface area (Å²) >= 11 is 3.53. The molecule has 0 bridgehead atoms. The highest BCUT2D eigenvalue weighted by molar-refractivity contribution is 9.10. The molecule has 1 rings (SSSR count). The van der Waals surface area contributed by atoms with E-state index in [1.165, 1.54) is 5.56 Å². The molecule has 1 aromatic heterocycles. The van der Waals surface area contributed by atoms with Crippen LogP contribution >= 0.6 is 15.9 Å². The normalized spacial score (nSPS) is 11.5. The number of aryl methyl sites for hydroxylation is 1. The Balaban J connectivity index is 2.89. The summed E-state index contributed by atoms with van der Waals surface area (Å²) in [5.41, 5.74) is 1.30. The molecule has 0 unspecified atom stereocenters. The molecule has 1 heterocycles. The van der Waals surface area contributed by atoms with E-state index in [0.717, 1.165) is 23.1 Å². The highest BCUT2D eigenvalue weighted by Gasteiger charge is 2.20. The zero-order valence-corrected chi connectivity index (χ0v) is 11.5. The predicted molar refractivity (Wildman–Crippen MR) is 69.3 cm³/mol. The summed E-state index contributed by atoms with van der Waals surface area (Å²) in [6.07, 6.45) is 4.07. The van der Waals surface area contributed by atoms with Crippen LogP contribution in [-0.4, -0.2) is 10.5 Å². The monoisotopic (exact) mass is 270 g/mol. The molecular formula is C12H19BrN2. The van der Waals surface area contributed by atoms with E-state index in [-0.39, 0.29) is 5.54 Å². The Hall–Kier alpha value is -0.570. The average molecular weight is 271 g/mol. The molecule has 0 atom stereocenters. The molecule has 0 aliphatic rings. The minimum Gasteiger partial charge on any atom is -0.364 e. The second-order valence-electron chi connectivity index (χ2n) is 4.24. The number of halogens is 1. The molecule has 0 saturated carbocycles. The maximum absolute atomic E-state index is 4.40. The molecule has 15 heavy (non-hydrogen) atoms. The van der Waals surface area contributed by atoms with E-state index < -0.39 is 0 Å². The third kappa shape index (κ3) is 3.20. The first-order chi connectivity index (χ1) is 7.00. The van der Waals surface area contributed by atoms with Gasteiger partial charge in [-0.3, -0.25) is 0 Å². The number of anilines is 1. The standard InChI is InChI=1S/C12H19BrN2/c1-5-12(4,6-2)15-11-10(13)7-9(3)8-14-11/h7-8H,5-6H2,1-4H3,(H,14,15). The zero-order chi connectivity index (χ0) is 11.5. The second-order valence-corrected chi connectivity index (χ2v) is 5.09. The van der Waals surface area contributed by atoms with Gasteiger partial charge in [0.15, 0.2) is 0 Å². The van der Waals surface area contributed by atoms with E-state index >= 15 is 0 Å². The molecule has 0 saturated heterocycles. The molecule has 0 aliphatic heterocycles. The molecular weight excluding hydrogens is 252 g/mol. The Morgan fingerprint density at radius 2 is 2.00 bits per heavy atom. The number of nitrogens with zero attached hydrogens (tertiary/aromatic N) is 1. The van der Waals surface area contributed by atoms with Gasteiger partial charge in [0.1, 0.15) is 5.82 Å². The van der Waals surface area contributed by atoms with Gasteiger partial charge in [0, 0.05) is 11.7 Å². The van der Waals surface area contributed by atoms with E-state index in [1.807, 2.05) is 13.1 Å². The van der Waals surface area contributed by atoms with Gasteiger partial charge >= 0.3 is 0 Å². The fourth-order valence-electron chi connectivity index (χ4n) is 1.34. The minimum absolute atomic E-state index is 0.130. The van der Waals surface area contributed by atoms with Gasteiger partial charge in [0.05, 0.1) is 4.47 Å². The van der Waals surface area contributed by atoms with Crippen LogP contribution in [0.4, 0.5) is 5.82 Å². The van der Waals surface area contributed by atoms with Crippen LogP contribution in [0.2, 0.25) is 0 Å². The minimum atomic E-state index is 0.130. The quantitative estimate of drug-likeness (QED) is 0.890. The summed E-state index contributed by atoms with van der Waals surface area (Å²) in [6, 6.07) is 2.08. The summed E-state index contributed by atoms with van der Waals surface area (Å²) in [6.45, 7) is 8.65. The third-order valence-corrected chi connectivity index (χ3v) is 3.56. The van der Waals surface area contributed by atoms with E-state index in [1.54, 1.807) is 0 Å². The van der Waals surface area contributed by atoms with E-state index in [2.05, 4.69) is 53.1 Å². The summed E-state index contributed by atoms with van der Waals surface area (Å²) in [5.74, 6) is 0.937. The van der Waals surface area contributed by atoms with E-state index in [0.29, 0.717) is 0 Å². The van der Waals surface area contributed by atoms with Crippen molar-refractivity contribution in [1.29, 1.82) is 0 Å². The number of rotatable bonds is 4. The molecule has 1 aromatic rings. The van der Waals surface area contributed by atoms with Gasteiger partial charge in [-0.05, 0) is 54.2 Å². The number of nitrogens with one attached hydrogen (secondary N) is 1. The molecule has 0 aliphatic carbocycles. The van der Waals surface area contributed by atoms with Crippen molar-refractivity contribution in [3.8, 4) is 0 Å². The number of pyridine rings is 1. The van der Waals surface area contributed by atoms with Crippen molar-refractivity contribution in [2.75, 3.05) is 5.32 Å². The van der Waals surface area contributed by atoms with Crippen molar-refractivity contribution in [1.82, 2.24) is 4.98 Å². The Bertz CT molecular complexity index is 332. The summed E-state index contributed by atoms with van der Waals surface area (Å²) < 4.78 is 1.04. The topological polar surface area (TPSA) is 24.9 Å². The van der Waals surface area contributed by atoms with Crippen LogP contribution in [0.15, 0.2) is 16.7 Å². The van der Waals surface area contributed by atoms with Crippen molar-refractivity contribution in [3.63, 3.8) is 0 Å². The van der Waals surface area contributed by atoms with Gasteiger partial charge in [-0.25, -0.2) is 4.98 Å². The predicted octanol–water partition coefficient (Wildman–Crippen LogP) is 4.14. The molecule has 0 spiro atoms. The smallest absolute Gasteiger partial charge is 0.140 e. The van der Waals surface area contributed by atoms with Crippen molar-refractivity contribution in [3.05, 3.63) is 22.3 Å². The first kappa shape index (κ1) is 12.5. The summed E-state index contributed by atoms with van der Waals surface area (Å²) in [7, 11) is 0. The molecule has 3 heteroatoms. The van der Waals surface area contributed by atoms with E-state index in [4.69, 9.17) is 0 Å². The number of aromatic nitrogens is 1. The first-order valence-corrected chi connectivity index (χ1v) is 6.20. The van der Waals surface area contributed by atoms with E-state index in [9.17, 15) is 0 Å². The molecule has 84 valence electrons.